The Balaban J connectivity index is 1.99. The van der Waals surface area contributed by atoms with Crippen LogP contribution in [-0.4, -0.2) is 57.4 Å². The van der Waals surface area contributed by atoms with Gasteiger partial charge in [-0.1, -0.05) is 62.2 Å². The number of halogens is 1. The number of carbonyl (C=O) groups excluding carboxylic acids is 2. The fourth-order valence-electron chi connectivity index (χ4n) is 4.54. The SMILES string of the molecule is CCCCNC(=O)[C@@H](CC)N(CCc1ccccc1)C(=O)CN(c1ccc(OCC)cc1)S(=O)(=O)c1ccc(Cl)cc1. The summed E-state index contributed by atoms with van der Waals surface area (Å²) in [5, 5.41) is 3.33. The van der Waals surface area contributed by atoms with Gasteiger partial charge < -0.3 is 15.0 Å². The first-order valence-corrected chi connectivity index (χ1v) is 16.1. The van der Waals surface area contributed by atoms with Gasteiger partial charge in [0.1, 0.15) is 18.3 Å². The summed E-state index contributed by atoms with van der Waals surface area (Å²) in [5.74, 6) is -0.147. The lowest BCUT2D eigenvalue weighted by Crippen LogP contribution is -2.53. The van der Waals surface area contributed by atoms with Crippen molar-refractivity contribution in [3.8, 4) is 5.75 Å². The molecular formula is C32H40ClN3O5S. The molecule has 2 amide bonds. The van der Waals surface area contributed by atoms with Crippen molar-refractivity contribution in [2.24, 2.45) is 0 Å². The lowest BCUT2D eigenvalue weighted by molar-refractivity contribution is -0.139. The molecule has 0 aliphatic rings. The second-order valence-electron chi connectivity index (χ2n) is 9.78. The largest absolute Gasteiger partial charge is 0.494 e. The summed E-state index contributed by atoms with van der Waals surface area (Å²) in [4.78, 5) is 28.8. The Morgan fingerprint density at radius 1 is 0.929 bits per heavy atom. The average molecular weight is 614 g/mol. The Morgan fingerprint density at radius 2 is 1.60 bits per heavy atom. The van der Waals surface area contributed by atoms with Crippen LogP contribution >= 0.6 is 11.6 Å². The smallest absolute Gasteiger partial charge is 0.264 e. The fourth-order valence-corrected chi connectivity index (χ4v) is 6.08. The number of benzene rings is 3. The van der Waals surface area contributed by atoms with Crippen LogP contribution in [0.15, 0.2) is 83.8 Å². The van der Waals surface area contributed by atoms with Crippen LogP contribution < -0.4 is 14.4 Å². The number of sulfonamides is 1. The molecule has 0 bridgehead atoms. The Morgan fingerprint density at radius 3 is 2.19 bits per heavy atom. The highest BCUT2D eigenvalue weighted by molar-refractivity contribution is 7.92. The summed E-state index contributed by atoms with van der Waals surface area (Å²) in [6.45, 7) is 6.47. The van der Waals surface area contributed by atoms with Crippen molar-refractivity contribution in [2.75, 3.05) is 30.5 Å². The molecule has 0 aromatic heterocycles. The van der Waals surface area contributed by atoms with Gasteiger partial charge in [-0.3, -0.25) is 13.9 Å². The molecule has 226 valence electrons. The third-order valence-electron chi connectivity index (χ3n) is 6.82. The van der Waals surface area contributed by atoms with Gasteiger partial charge in [0.25, 0.3) is 10.0 Å². The van der Waals surface area contributed by atoms with E-state index in [4.69, 9.17) is 16.3 Å². The summed E-state index contributed by atoms with van der Waals surface area (Å²) in [6.07, 6.45) is 2.64. The van der Waals surface area contributed by atoms with Crippen LogP contribution in [0.3, 0.4) is 0 Å². The number of hydrogen-bond donors (Lipinski definition) is 1. The van der Waals surface area contributed by atoms with E-state index in [1.54, 1.807) is 24.3 Å². The number of nitrogens with one attached hydrogen (secondary N) is 1. The number of unbranched alkanes of at least 4 members (excludes halogenated alkanes) is 1. The maximum absolute atomic E-state index is 14.1. The first-order valence-electron chi connectivity index (χ1n) is 14.3. The van der Waals surface area contributed by atoms with Crippen molar-refractivity contribution in [1.82, 2.24) is 10.2 Å². The molecule has 42 heavy (non-hydrogen) atoms. The lowest BCUT2D eigenvalue weighted by atomic mass is 10.1. The standard InChI is InChI=1S/C32H40ClN3O5S/c1-4-7-22-34-32(38)30(5-2)35(23-21-25-11-9-8-10-12-25)31(37)24-36(27-15-17-28(18-16-27)41-6-3)42(39,40)29-19-13-26(33)14-20-29/h8-20,30H,4-7,21-24H2,1-3H3,(H,34,38)/t30-/m1/s1. The molecular weight excluding hydrogens is 574 g/mol. The second-order valence-corrected chi connectivity index (χ2v) is 12.1. The van der Waals surface area contributed by atoms with Crippen molar-refractivity contribution >= 4 is 39.1 Å². The summed E-state index contributed by atoms with van der Waals surface area (Å²) in [7, 11) is -4.18. The highest BCUT2D eigenvalue weighted by atomic mass is 35.5. The monoisotopic (exact) mass is 613 g/mol. The van der Waals surface area contributed by atoms with E-state index in [2.05, 4.69) is 5.32 Å². The topological polar surface area (TPSA) is 96.0 Å². The molecule has 8 nitrogen and oxygen atoms in total. The van der Waals surface area contributed by atoms with Crippen LogP contribution in [0.1, 0.15) is 45.6 Å². The highest BCUT2D eigenvalue weighted by Crippen LogP contribution is 2.27. The van der Waals surface area contributed by atoms with E-state index in [-0.39, 0.29) is 17.3 Å². The van der Waals surface area contributed by atoms with Crippen molar-refractivity contribution in [3.63, 3.8) is 0 Å². The van der Waals surface area contributed by atoms with Gasteiger partial charge in [-0.25, -0.2) is 8.42 Å². The highest BCUT2D eigenvalue weighted by Gasteiger charge is 2.33. The van der Waals surface area contributed by atoms with Crippen molar-refractivity contribution < 1.29 is 22.7 Å². The summed E-state index contributed by atoms with van der Waals surface area (Å²) >= 11 is 6.02. The maximum Gasteiger partial charge on any atom is 0.264 e. The second kappa shape index (κ2) is 16.2. The van der Waals surface area contributed by atoms with Gasteiger partial charge in [0.2, 0.25) is 11.8 Å². The average Bonchev–Trinajstić information content (AvgIpc) is 2.99. The minimum atomic E-state index is -4.18. The van der Waals surface area contributed by atoms with Crippen LogP contribution in [0.2, 0.25) is 5.02 Å². The number of amides is 2. The van der Waals surface area contributed by atoms with Crippen molar-refractivity contribution in [2.45, 2.75) is 57.4 Å². The molecule has 0 unspecified atom stereocenters. The zero-order chi connectivity index (χ0) is 30.5. The summed E-state index contributed by atoms with van der Waals surface area (Å²) in [5.41, 5.74) is 1.30. The van der Waals surface area contributed by atoms with Gasteiger partial charge >= 0.3 is 0 Å². The van der Waals surface area contributed by atoms with Crippen molar-refractivity contribution in [3.05, 3.63) is 89.4 Å². The van der Waals surface area contributed by atoms with Gasteiger partial charge in [-0.15, -0.1) is 0 Å². The first kappa shape index (κ1) is 32.9. The Bertz CT molecular complexity index is 1380. The van der Waals surface area contributed by atoms with Crippen LogP contribution in [0.5, 0.6) is 5.75 Å². The zero-order valence-electron chi connectivity index (χ0n) is 24.5. The van der Waals surface area contributed by atoms with Gasteiger partial charge in [-0.2, -0.15) is 0 Å². The van der Waals surface area contributed by atoms with E-state index < -0.39 is 28.5 Å². The quantitative estimate of drug-likeness (QED) is 0.209. The number of nitrogens with zero attached hydrogens (tertiary/aromatic N) is 2. The van der Waals surface area contributed by atoms with E-state index in [0.717, 1.165) is 22.7 Å². The number of hydrogen-bond acceptors (Lipinski definition) is 5. The van der Waals surface area contributed by atoms with Crippen molar-refractivity contribution in [1.29, 1.82) is 0 Å². The molecule has 10 heteroatoms. The Labute approximate surface area is 254 Å². The third-order valence-corrected chi connectivity index (χ3v) is 8.86. The lowest BCUT2D eigenvalue weighted by Gasteiger charge is -2.33. The Kier molecular flexibility index (Phi) is 12.7. The molecule has 3 aromatic rings. The number of carbonyl (C=O) groups is 2. The van der Waals surface area contributed by atoms with Crippen LogP contribution in [0, 0.1) is 0 Å². The number of rotatable bonds is 16. The number of anilines is 1. The molecule has 0 aliphatic carbocycles. The molecule has 1 N–H and O–H groups in total. The minimum Gasteiger partial charge on any atom is -0.494 e. The molecule has 3 rings (SSSR count). The molecule has 0 saturated carbocycles. The summed E-state index contributed by atoms with van der Waals surface area (Å²) in [6, 6.07) is 21.3. The Hall–Kier alpha value is -3.56. The molecule has 1 atom stereocenters. The maximum atomic E-state index is 14.1. The molecule has 0 radical (unpaired) electrons. The van der Waals surface area contributed by atoms with E-state index in [1.807, 2.05) is 51.1 Å². The summed E-state index contributed by atoms with van der Waals surface area (Å²) < 4.78 is 34.5. The van der Waals surface area contributed by atoms with E-state index in [1.165, 1.54) is 29.2 Å². The van der Waals surface area contributed by atoms with Crippen LogP contribution in [-0.2, 0) is 26.0 Å². The van der Waals surface area contributed by atoms with Crippen LogP contribution in [0.25, 0.3) is 0 Å². The first-order chi connectivity index (χ1) is 20.2. The normalized spacial score (nSPS) is 11.9. The number of ether oxygens (including phenoxy) is 1. The van der Waals surface area contributed by atoms with E-state index >= 15 is 0 Å². The van der Waals surface area contributed by atoms with Gasteiger partial charge in [-0.05, 0) is 80.3 Å². The van der Waals surface area contributed by atoms with E-state index in [9.17, 15) is 18.0 Å². The van der Waals surface area contributed by atoms with Gasteiger partial charge in [0.15, 0.2) is 0 Å². The van der Waals surface area contributed by atoms with Gasteiger partial charge in [0.05, 0.1) is 17.2 Å². The van der Waals surface area contributed by atoms with Gasteiger partial charge in [0, 0.05) is 18.1 Å². The molecule has 0 spiro atoms. The molecule has 0 fully saturated rings. The third kappa shape index (κ3) is 8.97. The molecule has 0 saturated heterocycles. The molecule has 0 aliphatic heterocycles. The predicted octanol–water partition coefficient (Wildman–Crippen LogP) is 5.70. The fraction of sp³-hybridized carbons (Fsp3) is 0.375. The molecule has 3 aromatic carbocycles. The molecule has 0 heterocycles. The zero-order valence-corrected chi connectivity index (χ0v) is 26.0. The van der Waals surface area contributed by atoms with E-state index in [0.29, 0.717) is 42.5 Å². The predicted molar refractivity (Wildman–Crippen MR) is 167 cm³/mol. The van der Waals surface area contributed by atoms with Crippen LogP contribution in [0.4, 0.5) is 5.69 Å². The minimum absolute atomic E-state index is 0.00577.